The predicted molar refractivity (Wildman–Crippen MR) is 55.6 cm³/mol. The van der Waals surface area contributed by atoms with E-state index in [-0.39, 0.29) is 12.1 Å². The van der Waals surface area contributed by atoms with E-state index in [9.17, 15) is 4.79 Å². The largest absolute Gasteiger partial charge is 0.396 e. The molecule has 0 bridgehead atoms. The molecule has 2 unspecified atom stereocenters. The number of amides is 1. The molecule has 0 heterocycles. The minimum Gasteiger partial charge on any atom is -0.396 e. The quantitative estimate of drug-likeness (QED) is 0.423. The highest BCUT2D eigenvalue weighted by Gasteiger charge is 2.22. The normalized spacial score (nSPS) is 17.4. The van der Waals surface area contributed by atoms with E-state index in [1.807, 2.05) is 13.8 Å². The summed E-state index contributed by atoms with van der Waals surface area (Å²) in [6.07, 6.45) is 1.49. The number of aliphatic hydroxyl groups excluding tert-OH is 1. The van der Waals surface area contributed by atoms with Crippen LogP contribution in [0, 0.1) is 0 Å². The highest BCUT2D eigenvalue weighted by Crippen LogP contribution is 2.13. The van der Waals surface area contributed by atoms with Crippen molar-refractivity contribution in [2.24, 2.45) is 11.5 Å². The van der Waals surface area contributed by atoms with Crippen LogP contribution in [0.1, 0.15) is 26.7 Å². The Morgan fingerprint density at radius 2 is 2.21 bits per heavy atom. The summed E-state index contributed by atoms with van der Waals surface area (Å²) in [6, 6.07) is -0.667. The molecule has 0 saturated heterocycles. The second-order valence-corrected chi connectivity index (χ2v) is 3.78. The molecule has 84 valence electrons. The van der Waals surface area contributed by atoms with Gasteiger partial charge in [-0.05, 0) is 19.8 Å². The Morgan fingerprint density at radius 3 is 2.57 bits per heavy atom. The van der Waals surface area contributed by atoms with Gasteiger partial charge in [-0.15, -0.1) is 0 Å². The van der Waals surface area contributed by atoms with Gasteiger partial charge in [-0.1, -0.05) is 6.92 Å². The van der Waals surface area contributed by atoms with Gasteiger partial charge < -0.3 is 21.9 Å². The zero-order valence-electron chi connectivity index (χ0n) is 8.92. The molecular weight excluding hydrogens is 182 g/mol. The standard InChI is InChI=1S/C9H21N3O2/c1-3-9(2,4-5-13)12-6-7(10)8(11)14/h7,12-13H,3-6,10H2,1-2H3,(H2,11,14). The van der Waals surface area contributed by atoms with Crippen molar-refractivity contribution >= 4 is 5.91 Å². The van der Waals surface area contributed by atoms with Crippen LogP contribution < -0.4 is 16.8 Å². The number of nitrogens with two attached hydrogens (primary N) is 2. The molecule has 0 aromatic carbocycles. The van der Waals surface area contributed by atoms with Gasteiger partial charge in [0.15, 0.2) is 0 Å². The third-order valence-electron chi connectivity index (χ3n) is 2.56. The number of carbonyl (C=O) groups excluding carboxylic acids is 1. The summed E-state index contributed by atoms with van der Waals surface area (Å²) in [7, 11) is 0. The van der Waals surface area contributed by atoms with Crippen LogP contribution in [0.2, 0.25) is 0 Å². The molecule has 1 amide bonds. The smallest absolute Gasteiger partial charge is 0.235 e. The number of aliphatic hydroxyl groups is 1. The molecule has 5 nitrogen and oxygen atoms in total. The number of hydrogen-bond donors (Lipinski definition) is 4. The summed E-state index contributed by atoms with van der Waals surface area (Å²) >= 11 is 0. The first-order valence-corrected chi connectivity index (χ1v) is 4.86. The molecule has 0 spiro atoms. The molecule has 0 saturated carbocycles. The van der Waals surface area contributed by atoms with Gasteiger partial charge >= 0.3 is 0 Å². The van der Waals surface area contributed by atoms with Crippen molar-refractivity contribution in [1.29, 1.82) is 0 Å². The number of nitrogens with one attached hydrogen (secondary N) is 1. The van der Waals surface area contributed by atoms with Crippen molar-refractivity contribution in [2.75, 3.05) is 13.2 Å². The maximum Gasteiger partial charge on any atom is 0.235 e. The average Bonchev–Trinajstić information content (AvgIpc) is 2.14. The second kappa shape index (κ2) is 5.95. The summed E-state index contributed by atoms with van der Waals surface area (Å²) in [5, 5.41) is 12.0. The second-order valence-electron chi connectivity index (χ2n) is 3.78. The Hall–Kier alpha value is -0.650. The topological polar surface area (TPSA) is 101 Å². The van der Waals surface area contributed by atoms with E-state index in [0.717, 1.165) is 6.42 Å². The van der Waals surface area contributed by atoms with Crippen molar-refractivity contribution in [2.45, 2.75) is 38.3 Å². The maximum absolute atomic E-state index is 10.7. The van der Waals surface area contributed by atoms with E-state index in [0.29, 0.717) is 13.0 Å². The number of primary amides is 1. The summed E-state index contributed by atoms with van der Waals surface area (Å²) in [4.78, 5) is 10.7. The maximum atomic E-state index is 10.7. The monoisotopic (exact) mass is 203 g/mol. The predicted octanol–water partition coefficient (Wildman–Crippen LogP) is -1.06. The zero-order chi connectivity index (χ0) is 11.2. The lowest BCUT2D eigenvalue weighted by molar-refractivity contribution is -0.119. The van der Waals surface area contributed by atoms with Crippen LogP contribution in [-0.4, -0.2) is 35.7 Å². The fourth-order valence-electron chi connectivity index (χ4n) is 1.09. The molecule has 0 aliphatic heterocycles. The van der Waals surface area contributed by atoms with Crippen LogP contribution >= 0.6 is 0 Å². The lowest BCUT2D eigenvalue weighted by Gasteiger charge is -2.30. The molecule has 0 rings (SSSR count). The van der Waals surface area contributed by atoms with Crippen molar-refractivity contribution in [3.05, 3.63) is 0 Å². The van der Waals surface area contributed by atoms with E-state index in [1.54, 1.807) is 0 Å². The minimum atomic E-state index is -0.667. The molecule has 0 aliphatic rings. The van der Waals surface area contributed by atoms with Gasteiger partial charge in [0.2, 0.25) is 5.91 Å². The van der Waals surface area contributed by atoms with Crippen molar-refractivity contribution < 1.29 is 9.90 Å². The summed E-state index contributed by atoms with van der Waals surface area (Å²) < 4.78 is 0. The fraction of sp³-hybridized carbons (Fsp3) is 0.889. The zero-order valence-corrected chi connectivity index (χ0v) is 8.92. The van der Waals surface area contributed by atoms with Crippen LogP contribution in [0.25, 0.3) is 0 Å². The average molecular weight is 203 g/mol. The van der Waals surface area contributed by atoms with Gasteiger partial charge in [-0.25, -0.2) is 0 Å². The third-order valence-corrected chi connectivity index (χ3v) is 2.56. The van der Waals surface area contributed by atoms with E-state index < -0.39 is 11.9 Å². The molecule has 0 aliphatic carbocycles. The SMILES string of the molecule is CCC(C)(CCO)NCC(N)C(N)=O. The minimum absolute atomic E-state index is 0.114. The fourth-order valence-corrected chi connectivity index (χ4v) is 1.09. The van der Waals surface area contributed by atoms with Crippen LogP contribution in [0.4, 0.5) is 0 Å². The van der Waals surface area contributed by atoms with Crippen LogP contribution in [0.5, 0.6) is 0 Å². The summed E-state index contributed by atoms with van der Waals surface area (Å²) in [6.45, 7) is 4.46. The molecule has 2 atom stereocenters. The van der Waals surface area contributed by atoms with Gasteiger partial charge in [-0.2, -0.15) is 0 Å². The van der Waals surface area contributed by atoms with E-state index in [4.69, 9.17) is 16.6 Å². The van der Waals surface area contributed by atoms with E-state index in [2.05, 4.69) is 5.32 Å². The molecule has 0 aromatic rings. The van der Waals surface area contributed by atoms with Crippen molar-refractivity contribution in [3.8, 4) is 0 Å². The third kappa shape index (κ3) is 4.55. The molecule has 0 fully saturated rings. The molecule has 6 N–H and O–H groups in total. The van der Waals surface area contributed by atoms with Crippen molar-refractivity contribution in [1.82, 2.24) is 5.32 Å². The Bertz CT molecular complexity index is 187. The van der Waals surface area contributed by atoms with E-state index in [1.165, 1.54) is 0 Å². The lowest BCUT2D eigenvalue weighted by Crippen LogP contribution is -2.51. The van der Waals surface area contributed by atoms with Crippen LogP contribution in [0.3, 0.4) is 0 Å². The van der Waals surface area contributed by atoms with Crippen LogP contribution in [-0.2, 0) is 4.79 Å². The molecule has 0 aromatic heterocycles. The number of carbonyl (C=O) groups is 1. The first kappa shape index (κ1) is 13.4. The van der Waals surface area contributed by atoms with Gasteiger partial charge in [0.25, 0.3) is 0 Å². The van der Waals surface area contributed by atoms with Crippen molar-refractivity contribution in [3.63, 3.8) is 0 Å². The molecule has 0 radical (unpaired) electrons. The first-order valence-electron chi connectivity index (χ1n) is 4.86. The Labute approximate surface area is 84.8 Å². The molecule has 5 heteroatoms. The Kier molecular flexibility index (Phi) is 5.68. The Morgan fingerprint density at radius 1 is 1.64 bits per heavy atom. The highest BCUT2D eigenvalue weighted by molar-refractivity contribution is 5.79. The highest BCUT2D eigenvalue weighted by atomic mass is 16.3. The number of hydrogen-bond acceptors (Lipinski definition) is 4. The molecular formula is C9H21N3O2. The summed E-state index contributed by atoms with van der Waals surface area (Å²) in [5.74, 6) is -0.514. The lowest BCUT2D eigenvalue weighted by atomic mass is 9.94. The van der Waals surface area contributed by atoms with Gasteiger partial charge in [-0.3, -0.25) is 4.79 Å². The first-order chi connectivity index (χ1) is 6.45. The number of rotatable bonds is 7. The van der Waals surface area contributed by atoms with Gasteiger partial charge in [0.1, 0.15) is 0 Å². The summed E-state index contributed by atoms with van der Waals surface area (Å²) in [5.41, 5.74) is 10.3. The van der Waals surface area contributed by atoms with Gasteiger partial charge in [0, 0.05) is 18.7 Å². The Balaban J connectivity index is 4.00. The van der Waals surface area contributed by atoms with Crippen LogP contribution in [0.15, 0.2) is 0 Å². The van der Waals surface area contributed by atoms with Gasteiger partial charge in [0.05, 0.1) is 6.04 Å². The molecule has 14 heavy (non-hydrogen) atoms. The van der Waals surface area contributed by atoms with E-state index >= 15 is 0 Å².